The number of likely N-dealkylation sites (tertiary alicyclic amines) is 1. The van der Waals surface area contributed by atoms with Crippen LogP contribution in [0.15, 0.2) is 12.3 Å². The summed E-state index contributed by atoms with van der Waals surface area (Å²) in [4.78, 5) is 11.4. The van der Waals surface area contributed by atoms with Crippen molar-refractivity contribution >= 4 is 0 Å². The maximum atomic E-state index is 9.35. The van der Waals surface area contributed by atoms with Crippen molar-refractivity contribution < 1.29 is 0 Å². The smallest absolute Gasteiger partial charge is 0.148 e. The summed E-state index contributed by atoms with van der Waals surface area (Å²) in [6.45, 7) is 2.20. The largest absolute Gasteiger partial charge is 0.306 e. The third-order valence-corrected chi connectivity index (χ3v) is 4.34. The van der Waals surface area contributed by atoms with Crippen molar-refractivity contribution in [3.8, 4) is 6.07 Å². The molecule has 4 nitrogen and oxygen atoms in total. The van der Waals surface area contributed by atoms with E-state index in [1.807, 2.05) is 12.3 Å². The molecule has 0 amide bonds. The third-order valence-electron chi connectivity index (χ3n) is 4.34. The van der Waals surface area contributed by atoms with E-state index in [-0.39, 0.29) is 5.41 Å². The normalized spacial score (nSPS) is 26.6. The van der Waals surface area contributed by atoms with Crippen molar-refractivity contribution in [1.29, 1.82) is 5.26 Å². The Morgan fingerprint density at radius 1 is 1.50 bits per heavy atom. The number of hydrogen-bond donors (Lipinski definition) is 0. The summed E-state index contributed by atoms with van der Waals surface area (Å²) in [7, 11) is 2.14. The van der Waals surface area contributed by atoms with Gasteiger partial charge in [-0.1, -0.05) is 0 Å². The van der Waals surface area contributed by atoms with E-state index in [9.17, 15) is 5.26 Å². The second-order valence-corrected chi connectivity index (χ2v) is 5.60. The highest BCUT2D eigenvalue weighted by Gasteiger charge is 2.42. The fourth-order valence-electron chi connectivity index (χ4n) is 2.92. The van der Waals surface area contributed by atoms with Crippen molar-refractivity contribution in [1.82, 2.24) is 14.9 Å². The molecule has 0 radical (unpaired) electrons. The van der Waals surface area contributed by atoms with E-state index in [4.69, 9.17) is 4.98 Å². The number of likely N-dealkylation sites (N-methyl/N-ethyl adjacent to an activating group) is 1. The molecule has 2 fully saturated rings. The van der Waals surface area contributed by atoms with E-state index in [0.717, 1.165) is 50.3 Å². The van der Waals surface area contributed by atoms with Gasteiger partial charge in [-0.15, -0.1) is 0 Å². The van der Waals surface area contributed by atoms with Crippen molar-refractivity contribution in [3.05, 3.63) is 23.8 Å². The van der Waals surface area contributed by atoms with Gasteiger partial charge in [0.25, 0.3) is 0 Å². The van der Waals surface area contributed by atoms with Crippen LogP contribution in [0.2, 0.25) is 0 Å². The molecule has 94 valence electrons. The molecule has 2 heterocycles. The Labute approximate surface area is 108 Å². The summed E-state index contributed by atoms with van der Waals surface area (Å²) in [6.07, 6.45) is 5.93. The molecular formula is C14H18N4. The predicted octanol–water partition coefficient (Wildman–Crippen LogP) is 1.84. The SMILES string of the molecule is CN1CCC(c2ccnc(C3(C#N)CCC3)n2)C1. The molecule has 0 N–H and O–H groups in total. The third kappa shape index (κ3) is 1.79. The number of hydrogen-bond acceptors (Lipinski definition) is 4. The van der Waals surface area contributed by atoms with Crippen LogP contribution < -0.4 is 0 Å². The molecule has 1 atom stereocenters. The number of nitriles is 1. The Bertz CT molecular complexity index is 487. The van der Waals surface area contributed by atoms with E-state index in [2.05, 4.69) is 23.0 Å². The van der Waals surface area contributed by atoms with Crippen LogP contribution in [0.4, 0.5) is 0 Å². The lowest BCUT2D eigenvalue weighted by molar-refractivity contribution is 0.305. The molecule has 1 aromatic heterocycles. The molecule has 0 spiro atoms. The van der Waals surface area contributed by atoms with E-state index < -0.39 is 0 Å². The van der Waals surface area contributed by atoms with Crippen LogP contribution in [0.25, 0.3) is 0 Å². The van der Waals surface area contributed by atoms with Gasteiger partial charge < -0.3 is 4.90 Å². The quantitative estimate of drug-likeness (QED) is 0.794. The van der Waals surface area contributed by atoms with Crippen molar-refractivity contribution in [2.75, 3.05) is 20.1 Å². The monoisotopic (exact) mass is 242 g/mol. The van der Waals surface area contributed by atoms with Gasteiger partial charge in [-0.05, 0) is 45.3 Å². The molecule has 1 aliphatic carbocycles. The Balaban J connectivity index is 1.88. The van der Waals surface area contributed by atoms with Gasteiger partial charge in [0.05, 0.1) is 6.07 Å². The molecule has 2 aliphatic rings. The van der Waals surface area contributed by atoms with Crippen LogP contribution in [0.5, 0.6) is 0 Å². The lowest BCUT2D eigenvalue weighted by Crippen LogP contribution is -2.34. The van der Waals surface area contributed by atoms with Crippen LogP contribution in [-0.4, -0.2) is 35.0 Å². The minimum absolute atomic E-state index is 0.388. The second-order valence-electron chi connectivity index (χ2n) is 5.60. The summed E-state index contributed by atoms with van der Waals surface area (Å²) in [5.41, 5.74) is 0.728. The average Bonchev–Trinajstić information content (AvgIpc) is 2.76. The zero-order chi connectivity index (χ0) is 12.6. The number of nitrogens with zero attached hydrogens (tertiary/aromatic N) is 4. The van der Waals surface area contributed by atoms with Gasteiger partial charge in [-0.3, -0.25) is 0 Å². The Morgan fingerprint density at radius 2 is 2.33 bits per heavy atom. The van der Waals surface area contributed by atoms with Crippen LogP contribution in [0.1, 0.15) is 43.1 Å². The topological polar surface area (TPSA) is 52.8 Å². The molecule has 1 saturated carbocycles. The van der Waals surface area contributed by atoms with Crippen molar-refractivity contribution in [2.45, 2.75) is 37.0 Å². The summed E-state index contributed by atoms with van der Waals surface area (Å²) in [5, 5.41) is 9.35. The Kier molecular flexibility index (Phi) is 2.79. The number of rotatable bonds is 2. The zero-order valence-corrected chi connectivity index (χ0v) is 10.8. The highest BCUT2D eigenvalue weighted by Crippen LogP contribution is 2.41. The minimum Gasteiger partial charge on any atom is -0.306 e. The molecule has 1 aliphatic heterocycles. The second kappa shape index (κ2) is 4.33. The Morgan fingerprint density at radius 3 is 2.89 bits per heavy atom. The fourth-order valence-corrected chi connectivity index (χ4v) is 2.92. The van der Waals surface area contributed by atoms with Crippen molar-refractivity contribution in [3.63, 3.8) is 0 Å². The maximum absolute atomic E-state index is 9.35. The van der Waals surface area contributed by atoms with Gasteiger partial charge in [-0.25, -0.2) is 9.97 Å². The molecule has 18 heavy (non-hydrogen) atoms. The van der Waals surface area contributed by atoms with Crippen LogP contribution in [0, 0.1) is 11.3 Å². The molecule has 1 unspecified atom stereocenters. The molecule has 1 aromatic rings. The first kappa shape index (κ1) is 11.6. The maximum Gasteiger partial charge on any atom is 0.148 e. The van der Waals surface area contributed by atoms with Crippen LogP contribution >= 0.6 is 0 Å². The lowest BCUT2D eigenvalue weighted by Gasteiger charge is -2.33. The summed E-state index contributed by atoms with van der Waals surface area (Å²) < 4.78 is 0. The summed E-state index contributed by atoms with van der Waals surface area (Å²) in [5.74, 6) is 1.26. The van der Waals surface area contributed by atoms with Gasteiger partial charge >= 0.3 is 0 Å². The molecule has 0 aromatic carbocycles. The standard InChI is InChI=1S/C14H18N4/c1-18-8-4-11(9-18)12-3-7-16-13(17-12)14(10-15)5-2-6-14/h3,7,11H,2,4-6,8-9H2,1H3. The van der Waals surface area contributed by atoms with Gasteiger partial charge in [0.15, 0.2) is 0 Å². The lowest BCUT2D eigenvalue weighted by atomic mass is 9.69. The molecular weight excluding hydrogens is 224 g/mol. The minimum atomic E-state index is -0.388. The Hall–Kier alpha value is -1.47. The first-order valence-corrected chi connectivity index (χ1v) is 6.67. The van der Waals surface area contributed by atoms with Gasteiger partial charge in [0.1, 0.15) is 11.2 Å². The predicted molar refractivity (Wildman–Crippen MR) is 68.0 cm³/mol. The number of aromatic nitrogens is 2. The van der Waals surface area contributed by atoms with Crippen LogP contribution in [0.3, 0.4) is 0 Å². The molecule has 3 rings (SSSR count). The van der Waals surface area contributed by atoms with E-state index >= 15 is 0 Å². The summed E-state index contributed by atoms with van der Waals surface area (Å²) >= 11 is 0. The summed E-state index contributed by atoms with van der Waals surface area (Å²) in [6, 6.07) is 4.43. The average molecular weight is 242 g/mol. The molecule has 4 heteroatoms. The van der Waals surface area contributed by atoms with E-state index in [0.29, 0.717) is 5.92 Å². The molecule has 0 bridgehead atoms. The van der Waals surface area contributed by atoms with E-state index in [1.165, 1.54) is 0 Å². The van der Waals surface area contributed by atoms with Gasteiger partial charge in [0.2, 0.25) is 0 Å². The highest BCUT2D eigenvalue weighted by atomic mass is 15.1. The van der Waals surface area contributed by atoms with Gasteiger partial charge in [0, 0.05) is 24.4 Å². The van der Waals surface area contributed by atoms with Gasteiger partial charge in [-0.2, -0.15) is 5.26 Å². The molecule has 1 saturated heterocycles. The fraction of sp³-hybridized carbons (Fsp3) is 0.643. The highest BCUT2D eigenvalue weighted by molar-refractivity contribution is 5.26. The first-order chi connectivity index (χ1) is 8.73. The van der Waals surface area contributed by atoms with Crippen LogP contribution in [-0.2, 0) is 5.41 Å². The van der Waals surface area contributed by atoms with E-state index in [1.54, 1.807) is 0 Å². The zero-order valence-electron chi connectivity index (χ0n) is 10.8. The van der Waals surface area contributed by atoms with Crippen molar-refractivity contribution in [2.24, 2.45) is 0 Å². The first-order valence-electron chi connectivity index (χ1n) is 6.67.